The molecule has 3 aliphatic rings. The molecule has 0 radical (unpaired) electrons. The summed E-state index contributed by atoms with van der Waals surface area (Å²) in [6.07, 6.45) is 6.88. The van der Waals surface area contributed by atoms with Crippen molar-refractivity contribution in [3.05, 3.63) is 18.7 Å². The van der Waals surface area contributed by atoms with Crippen molar-refractivity contribution in [1.82, 2.24) is 30.3 Å². The molecule has 160 valence electrons. The maximum Gasteiger partial charge on any atom is 0.418 e. The fourth-order valence-corrected chi connectivity index (χ4v) is 4.41. The number of rotatable bonds is 7. The van der Waals surface area contributed by atoms with Gasteiger partial charge in [-0.2, -0.15) is 13.5 Å². The predicted molar refractivity (Wildman–Crippen MR) is 95.2 cm³/mol. The summed E-state index contributed by atoms with van der Waals surface area (Å²) in [5.41, 5.74) is 2.38. The van der Waals surface area contributed by atoms with Crippen LogP contribution in [0.5, 0.6) is 0 Å². The second kappa shape index (κ2) is 7.87. The van der Waals surface area contributed by atoms with Crippen molar-refractivity contribution in [1.29, 1.82) is 0 Å². The number of nitrogens with one attached hydrogen (secondary N) is 2. The number of aromatic nitrogens is 2. The van der Waals surface area contributed by atoms with Gasteiger partial charge in [-0.05, 0) is 19.3 Å². The van der Waals surface area contributed by atoms with E-state index in [4.69, 9.17) is 9.39 Å². The number of imidazole rings is 1. The molecule has 2 bridgehead atoms. The highest BCUT2D eigenvalue weighted by Gasteiger charge is 2.49. The number of carbonyl (C=O) groups excluding carboxylic acids is 2. The number of fused-ring (bicyclic) bond motifs is 2. The smallest absolute Gasteiger partial charge is 0.333 e. The third kappa shape index (κ3) is 4.35. The molecule has 3 fully saturated rings. The van der Waals surface area contributed by atoms with Crippen LogP contribution >= 0.6 is 0 Å². The first kappa shape index (κ1) is 20.0. The molecule has 4 heterocycles. The molecule has 3 saturated heterocycles. The summed E-state index contributed by atoms with van der Waals surface area (Å²) in [6.45, 7) is 1.16. The van der Waals surface area contributed by atoms with Gasteiger partial charge in [-0.1, -0.05) is 0 Å². The van der Waals surface area contributed by atoms with Crippen LogP contribution < -0.4 is 10.8 Å². The third-order valence-electron chi connectivity index (χ3n) is 5.40. The van der Waals surface area contributed by atoms with Crippen LogP contribution in [0.3, 0.4) is 0 Å². The Morgan fingerprint density at radius 2 is 2.21 bits per heavy atom. The van der Waals surface area contributed by atoms with Crippen LogP contribution in [-0.4, -0.2) is 82.2 Å². The molecule has 3 aliphatic heterocycles. The molecule has 4 atom stereocenters. The highest BCUT2D eigenvalue weighted by molar-refractivity contribution is 7.80. The number of carbonyl (C=O) groups is 2. The molecule has 0 spiro atoms. The molecule has 1 aromatic rings. The fourth-order valence-electron chi connectivity index (χ4n) is 4.02. The SMILES string of the molecule is O=C(NOC[C@@H]1C[C@H](n2ccnc2)CN1)[C@@H]1CC[C@@H]2CN1C(=O)N2OS(=O)(=O)O. The van der Waals surface area contributed by atoms with Crippen LogP contribution in [0.4, 0.5) is 4.79 Å². The Hall–Kier alpha value is -2.26. The van der Waals surface area contributed by atoms with E-state index in [2.05, 4.69) is 20.1 Å². The lowest BCUT2D eigenvalue weighted by Gasteiger charge is -2.29. The van der Waals surface area contributed by atoms with Gasteiger partial charge in [0, 0.05) is 37.6 Å². The van der Waals surface area contributed by atoms with Gasteiger partial charge in [-0.15, -0.1) is 4.28 Å². The van der Waals surface area contributed by atoms with Crippen molar-refractivity contribution < 1.29 is 31.7 Å². The summed E-state index contributed by atoms with van der Waals surface area (Å²) in [5.74, 6) is -0.491. The van der Waals surface area contributed by atoms with E-state index in [1.54, 1.807) is 12.5 Å². The zero-order valence-electron chi connectivity index (χ0n) is 15.4. The number of hydroxylamine groups is 3. The zero-order valence-corrected chi connectivity index (χ0v) is 16.2. The van der Waals surface area contributed by atoms with Gasteiger partial charge in [0.1, 0.15) is 6.04 Å². The van der Waals surface area contributed by atoms with E-state index in [-0.39, 0.29) is 25.2 Å². The molecular formula is C15H22N6O7S. The second-order valence-corrected chi connectivity index (χ2v) is 8.30. The summed E-state index contributed by atoms with van der Waals surface area (Å²) in [7, 11) is -4.82. The maximum absolute atomic E-state index is 12.5. The lowest BCUT2D eigenvalue weighted by molar-refractivity contribution is -0.139. The van der Waals surface area contributed by atoms with E-state index in [0.717, 1.165) is 13.0 Å². The molecule has 3 N–H and O–H groups in total. The van der Waals surface area contributed by atoms with Gasteiger partial charge in [0.25, 0.3) is 5.91 Å². The number of urea groups is 1. The Labute approximate surface area is 166 Å². The molecule has 0 aromatic carbocycles. The summed E-state index contributed by atoms with van der Waals surface area (Å²) < 4.78 is 37.0. The van der Waals surface area contributed by atoms with Crippen LogP contribution in [0, 0.1) is 0 Å². The van der Waals surface area contributed by atoms with E-state index in [9.17, 15) is 18.0 Å². The first-order valence-electron chi connectivity index (χ1n) is 9.21. The Balaban J connectivity index is 1.25. The number of piperidine rings is 1. The number of amides is 3. The summed E-state index contributed by atoms with van der Waals surface area (Å²) in [5, 5.41) is 3.92. The first-order chi connectivity index (χ1) is 13.8. The van der Waals surface area contributed by atoms with Gasteiger partial charge in [-0.25, -0.2) is 15.3 Å². The minimum atomic E-state index is -4.82. The van der Waals surface area contributed by atoms with Crippen LogP contribution in [-0.2, 0) is 24.3 Å². The van der Waals surface area contributed by atoms with E-state index in [1.165, 1.54) is 4.90 Å². The van der Waals surface area contributed by atoms with Crippen LogP contribution in [0.25, 0.3) is 0 Å². The fraction of sp³-hybridized carbons (Fsp3) is 0.667. The van der Waals surface area contributed by atoms with Crippen molar-refractivity contribution >= 4 is 22.3 Å². The van der Waals surface area contributed by atoms with E-state index in [0.29, 0.717) is 17.9 Å². The number of hydrogen-bond donors (Lipinski definition) is 3. The molecule has 3 amide bonds. The van der Waals surface area contributed by atoms with Crippen molar-refractivity contribution in [2.45, 2.75) is 43.4 Å². The van der Waals surface area contributed by atoms with Crippen molar-refractivity contribution in [2.24, 2.45) is 0 Å². The van der Waals surface area contributed by atoms with E-state index >= 15 is 0 Å². The van der Waals surface area contributed by atoms with Crippen molar-refractivity contribution in [3.8, 4) is 0 Å². The van der Waals surface area contributed by atoms with Crippen LogP contribution in [0.1, 0.15) is 25.3 Å². The lowest BCUT2D eigenvalue weighted by atomic mass is 10.0. The Morgan fingerprint density at radius 3 is 2.93 bits per heavy atom. The van der Waals surface area contributed by atoms with Crippen molar-refractivity contribution in [3.63, 3.8) is 0 Å². The first-order valence-corrected chi connectivity index (χ1v) is 10.6. The average Bonchev–Trinajstić information content (AvgIpc) is 3.39. The van der Waals surface area contributed by atoms with E-state index in [1.807, 2.05) is 10.8 Å². The molecular weight excluding hydrogens is 408 g/mol. The van der Waals surface area contributed by atoms with E-state index < -0.39 is 34.4 Å². The highest BCUT2D eigenvalue weighted by Crippen LogP contribution is 2.30. The van der Waals surface area contributed by atoms with Crippen LogP contribution in [0.15, 0.2) is 18.7 Å². The zero-order chi connectivity index (χ0) is 20.6. The quantitative estimate of drug-likeness (QED) is 0.359. The van der Waals surface area contributed by atoms with Gasteiger partial charge >= 0.3 is 16.4 Å². The van der Waals surface area contributed by atoms with Gasteiger partial charge in [0.15, 0.2) is 0 Å². The molecule has 14 heteroatoms. The molecule has 1 aromatic heterocycles. The molecule has 4 rings (SSSR count). The average molecular weight is 430 g/mol. The van der Waals surface area contributed by atoms with Gasteiger partial charge in [0.05, 0.1) is 19.0 Å². The molecule has 0 unspecified atom stereocenters. The largest absolute Gasteiger partial charge is 0.418 e. The summed E-state index contributed by atoms with van der Waals surface area (Å²) >= 11 is 0. The van der Waals surface area contributed by atoms with Gasteiger partial charge in [0.2, 0.25) is 0 Å². The van der Waals surface area contributed by atoms with Gasteiger partial charge < -0.3 is 14.8 Å². The maximum atomic E-state index is 12.5. The summed E-state index contributed by atoms with van der Waals surface area (Å²) in [4.78, 5) is 35.4. The highest BCUT2D eigenvalue weighted by atomic mass is 32.3. The standard InChI is InChI=1S/C15H22N6O7S/c22-14(18-27-8-10-5-12(6-17-10)19-4-3-16-9-19)13-2-1-11-7-20(13)15(23)21(11)28-29(24,25)26/h3-4,9-13,17H,1-2,5-8H2,(H,18,22)(H,24,25,26)/t10-,11+,12-,13-/m0/s1. The lowest BCUT2D eigenvalue weighted by Crippen LogP contribution is -2.50. The summed E-state index contributed by atoms with van der Waals surface area (Å²) in [6, 6.07) is -1.80. The monoisotopic (exact) mass is 430 g/mol. The Kier molecular flexibility index (Phi) is 5.44. The molecule has 13 nitrogen and oxygen atoms in total. The Bertz CT molecular complexity index is 863. The normalized spacial score (nSPS) is 29.5. The van der Waals surface area contributed by atoms with Crippen molar-refractivity contribution in [2.75, 3.05) is 19.7 Å². The molecule has 0 saturated carbocycles. The minimum absolute atomic E-state index is 0.0607. The molecule has 0 aliphatic carbocycles. The topological polar surface area (TPSA) is 155 Å². The number of hydrogen-bond acceptors (Lipinski definition) is 8. The van der Waals surface area contributed by atoms with Gasteiger partial charge in [-0.3, -0.25) is 14.2 Å². The number of nitrogens with zero attached hydrogens (tertiary/aromatic N) is 4. The second-order valence-electron chi connectivity index (χ2n) is 7.29. The molecule has 29 heavy (non-hydrogen) atoms. The Morgan fingerprint density at radius 1 is 1.38 bits per heavy atom. The predicted octanol–water partition coefficient (Wildman–Crippen LogP) is -1.16. The van der Waals surface area contributed by atoms with Crippen LogP contribution in [0.2, 0.25) is 0 Å². The minimum Gasteiger partial charge on any atom is -0.333 e. The third-order valence-corrected chi connectivity index (χ3v) is 5.75.